The fraction of sp³-hybridized carbons (Fsp3) is 0.300. The molecule has 18 heavy (non-hydrogen) atoms. The van der Waals surface area contributed by atoms with Gasteiger partial charge in [-0.05, 0) is 0 Å². The minimum Gasteiger partial charge on any atom is -0.492 e. The molecule has 1 aromatic heterocycles. The molecular formula is C10H12N2O5S. The Bertz CT molecular complexity index is 457. The molecule has 98 valence electrons. The molecule has 0 aliphatic heterocycles. The lowest BCUT2D eigenvalue weighted by molar-refractivity contribution is -0.120. The first kappa shape index (κ1) is 14.0. The summed E-state index contributed by atoms with van der Waals surface area (Å²) < 4.78 is 5.18. The van der Waals surface area contributed by atoms with Crippen LogP contribution < -0.4 is 15.4 Å². The van der Waals surface area contributed by atoms with Gasteiger partial charge in [-0.15, -0.1) is 11.3 Å². The van der Waals surface area contributed by atoms with Crippen molar-refractivity contribution < 1.29 is 24.2 Å². The second kappa shape index (κ2) is 6.60. The predicted octanol–water partition coefficient (Wildman–Crippen LogP) is 0.671. The minimum absolute atomic E-state index is 0.00563. The molecule has 8 heteroatoms. The van der Waals surface area contributed by atoms with Crippen LogP contribution in [0.2, 0.25) is 0 Å². The number of ether oxygens (including phenoxy) is 1. The van der Waals surface area contributed by atoms with Gasteiger partial charge in [0.05, 0.1) is 13.0 Å². The summed E-state index contributed by atoms with van der Waals surface area (Å²) in [6.07, 6.45) is 0.00563. The highest BCUT2D eigenvalue weighted by Crippen LogP contribution is 2.21. The molecule has 0 bridgehead atoms. The number of rotatable bonds is 5. The topological polar surface area (TPSA) is 105 Å². The molecule has 3 amide bonds. The second-order valence-electron chi connectivity index (χ2n) is 3.18. The number of urea groups is 1. The third-order valence-corrected chi connectivity index (χ3v) is 2.76. The maximum absolute atomic E-state index is 11.2. The Morgan fingerprint density at radius 2 is 2.17 bits per heavy atom. The van der Waals surface area contributed by atoms with E-state index in [1.54, 1.807) is 5.38 Å². The normalized spacial score (nSPS) is 9.61. The van der Waals surface area contributed by atoms with E-state index in [9.17, 15) is 14.4 Å². The number of hydrogen-bond donors (Lipinski definition) is 3. The highest BCUT2D eigenvalue weighted by molar-refractivity contribution is 7.12. The van der Waals surface area contributed by atoms with E-state index in [1.165, 1.54) is 13.1 Å². The summed E-state index contributed by atoms with van der Waals surface area (Å²) in [4.78, 5) is 32.7. The van der Waals surface area contributed by atoms with Gasteiger partial charge in [0.15, 0.2) is 0 Å². The quantitative estimate of drug-likeness (QED) is 0.730. The standard InChI is InChI=1S/C10H12N2O5S/c1-11-10(16)12-8(13)2-3-17-6-4-7(9(14)15)18-5-6/h4-5H,2-3H2,1H3,(H,14,15)(H2,11,12,13,16). The van der Waals surface area contributed by atoms with E-state index in [1.807, 2.05) is 0 Å². The van der Waals surface area contributed by atoms with E-state index in [0.717, 1.165) is 11.3 Å². The number of amides is 3. The zero-order chi connectivity index (χ0) is 13.5. The average Bonchev–Trinajstić information content (AvgIpc) is 2.77. The van der Waals surface area contributed by atoms with Crippen molar-refractivity contribution in [3.8, 4) is 5.75 Å². The van der Waals surface area contributed by atoms with Crippen LogP contribution in [-0.2, 0) is 4.79 Å². The fourth-order valence-corrected chi connectivity index (χ4v) is 1.68. The van der Waals surface area contributed by atoms with Crippen LogP contribution >= 0.6 is 11.3 Å². The van der Waals surface area contributed by atoms with Crippen LogP contribution in [-0.4, -0.2) is 36.7 Å². The molecule has 0 radical (unpaired) electrons. The fourth-order valence-electron chi connectivity index (χ4n) is 1.02. The SMILES string of the molecule is CNC(=O)NC(=O)CCOc1csc(C(=O)O)c1. The van der Waals surface area contributed by atoms with Crippen LogP contribution in [0.1, 0.15) is 16.1 Å². The summed E-state index contributed by atoms with van der Waals surface area (Å²) in [6, 6.07) is 0.799. The minimum atomic E-state index is -1.02. The molecule has 7 nitrogen and oxygen atoms in total. The number of aromatic carboxylic acids is 1. The maximum Gasteiger partial charge on any atom is 0.346 e. The van der Waals surface area contributed by atoms with Gasteiger partial charge in [0.25, 0.3) is 0 Å². The van der Waals surface area contributed by atoms with Crippen LogP contribution in [0.5, 0.6) is 5.75 Å². The Hall–Kier alpha value is -2.09. The molecule has 0 unspecified atom stereocenters. The van der Waals surface area contributed by atoms with Crippen LogP contribution in [0.3, 0.4) is 0 Å². The number of carboxylic acid groups (broad SMARTS) is 1. The van der Waals surface area contributed by atoms with E-state index in [2.05, 4.69) is 10.6 Å². The number of imide groups is 1. The molecule has 0 saturated carbocycles. The number of hydrogen-bond acceptors (Lipinski definition) is 5. The van der Waals surface area contributed by atoms with E-state index in [-0.39, 0.29) is 17.9 Å². The van der Waals surface area contributed by atoms with Crippen molar-refractivity contribution in [2.24, 2.45) is 0 Å². The Morgan fingerprint density at radius 1 is 1.44 bits per heavy atom. The Morgan fingerprint density at radius 3 is 2.72 bits per heavy atom. The van der Waals surface area contributed by atoms with Crippen molar-refractivity contribution in [2.75, 3.05) is 13.7 Å². The van der Waals surface area contributed by atoms with Gasteiger partial charge in [-0.1, -0.05) is 0 Å². The smallest absolute Gasteiger partial charge is 0.346 e. The first-order valence-electron chi connectivity index (χ1n) is 4.99. The summed E-state index contributed by atoms with van der Waals surface area (Å²) in [5, 5.41) is 14.5. The molecule has 1 heterocycles. The molecule has 0 aromatic carbocycles. The van der Waals surface area contributed by atoms with Crippen LogP contribution in [0.15, 0.2) is 11.4 Å². The van der Waals surface area contributed by atoms with Crippen LogP contribution in [0.25, 0.3) is 0 Å². The van der Waals surface area contributed by atoms with E-state index < -0.39 is 17.9 Å². The number of carbonyl (C=O) groups is 3. The van der Waals surface area contributed by atoms with Gasteiger partial charge in [0.1, 0.15) is 10.6 Å². The summed E-state index contributed by atoms with van der Waals surface area (Å²) in [5.41, 5.74) is 0. The largest absolute Gasteiger partial charge is 0.492 e. The summed E-state index contributed by atoms with van der Waals surface area (Å²) >= 11 is 1.04. The Kier molecular flexibility index (Phi) is 5.12. The van der Waals surface area contributed by atoms with E-state index in [0.29, 0.717) is 5.75 Å². The first-order chi connectivity index (χ1) is 8.52. The molecule has 0 aliphatic rings. The van der Waals surface area contributed by atoms with Gasteiger partial charge in [-0.25, -0.2) is 9.59 Å². The van der Waals surface area contributed by atoms with E-state index >= 15 is 0 Å². The third-order valence-electron chi connectivity index (χ3n) is 1.86. The van der Waals surface area contributed by atoms with Crippen molar-refractivity contribution >= 4 is 29.2 Å². The third kappa shape index (κ3) is 4.42. The molecular weight excluding hydrogens is 260 g/mol. The van der Waals surface area contributed by atoms with Crippen LogP contribution in [0, 0.1) is 0 Å². The lowest BCUT2D eigenvalue weighted by atomic mass is 10.4. The van der Waals surface area contributed by atoms with Crippen molar-refractivity contribution in [1.82, 2.24) is 10.6 Å². The number of carbonyl (C=O) groups excluding carboxylic acids is 2. The molecule has 0 saturated heterocycles. The lowest BCUT2D eigenvalue weighted by Gasteiger charge is -2.04. The van der Waals surface area contributed by atoms with Crippen molar-refractivity contribution in [3.05, 3.63) is 16.3 Å². The lowest BCUT2D eigenvalue weighted by Crippen LogP contribution is -2.37. The monoisotopic (exact) mass is 272 g/mol. The Balaban J connectivity index is 2.30. The summed E-state index contributed by atoms with van der Waals surface area (Å²) in [7, 11) is 1.40. The van der Waals surface area contributed by atoms with Crippen molar-refractivity contribution in [1.29, 1.82) is 0 Å². The van der Waals surface area contributed by atoms with Crippen LogP contribution in [0.4, 0.5) is 4.79 Å². The van der Waals surface area contributed by atoms with Gasteiger partial charge >= 0.3 is 12.0 Å². The van der Waals surface area contributed by atoms with Gasteiger partial charge in [0.2, 0.25) is 5.91 Å². The molecule has 0 aliphatic carbocycles. The predicted molar refractivity (Wildman–Crippen MR) is 64.0 cm³/mol. The molecule has 1 rings (SSSR count). The second-order valence-corrected chi connectivity index (χ2v) is 4.09. The maximum atomic E-state index is 11.2. The van der Waals surface area contributed by atoms with Gasteiger partial charge in [-0.3, -0.25) is 10.1 Å². The first-order valence-corrected chi connectivity index (χ1v) is 5.87. The highest BCUT2D eigenvalue weighted by Gasteiger charge is 2.09. The Labute approximate surface area is 107 Å². The van der Waals surface area contributed by atoms with Crippen molar-refractivity contribution in [3.63, 3.8) is 0 Å². The van der Waals surface area contributed by atoms with Gasteiger partial charge in [0, 0.05) is 18.5 Å². The molecule has 0 atom stereocenters. The van der Waals surface area contributed by atoms with Crippen molar-refractivity contribution in [2.45, 2.75) is 6.42 Å². The van der Waals surface area contributed by atoms with E-state index in [4.69, 9.17) is 9.84 Å². The molecule has 0 fully saturated rings. The zero-order valence-corrected chi connectivity index (χ0v) is 10.4. The summed E-state index contributed by atoms with van der Waals surface area (Å²) in [5.74, 6) is -1.10. The molecule has 0 spiro atoms. The number of nitrogens with one attached hydrogen (secondary N) is 2. The zero-order valence-electron chi connectivity index (χ0n) is 9.56. The van der Waals surface area contributed by atoms with Gasteiger partial charge < -0.3 is 15.2 Å². The molecule has 3 N–H and O–H groups in total. The highest BCUT2D eigenvalue weighted by atomic mass is 32.1. The summed E-state index contributed by atoms with van der Waals surface area (Å²) in [6.45, 7) is 0.0681. The molecule has 1 aromatic rings. The number of thiophene rings is 1. The average molecular weight is 272 g/mol. The van der Waals surface area contributed by atoms with Gasteiger partial charge in [-0.2, -0.15) is 0 Å². The number of carboxylic acids is 1.